The Morgan fingerprint density at radius 1 is 1.50 bits per heavy atom. The van der Waals surface area contributed by atoms with E-state index in [2.05, 4.69) is 5.10 Å². The first-order valence-electron chi connectivity index (χ1n) is 5.07. The molecule has 1 heterocycles. The Kier molecular flexibility index (Phi) is 4.09. The molecule has 1 rings (SSSR count). The van der Waals surface area contributed by atoms with Gasteiger partial charge in [0, 0.05) is 13.6 Å². The van der Waals surface area contributed by atoms with Crippen molar-refractivity contribution in [3.63, 3.8) is 0 Å². The molecule has 0 saturated heterocycles. The molecule has 0 spiro atoms. The summed E-state index contributed by atoms with van der Waals surface area (Å²) >= 11 is 0. The van der Waals surface area contributed by atoms with Crippen molar-refractivity contribution in [1.29, 1.82) is 0 Å². The van der Waals surface area contributed by atoms with E-state index in [1.165, 1.54) is 11.6 Å². The molecule has 0 fully saturated rings. The average Bonchev–Trinajstić information content (AvgIpc) is 2.50. The van der Waals surface area contributed by atoms with Crippen LogP contribution in [0, 0.1) is 13.8 Å². The number of aromatic nitrogens is 2. The van der Waals surface area contributed by atoms with Crippen LogP contribution in [0.25, 0.3) is 0 Å². The summed E-state index contributed by atoms with van der Waals surface area (Å²) in [5.41, 5.74) is 0.747. The second-order valence-corrected chi connectivity index (χ2v) is 5.53. The van der Waals surface area contributed by atoms with Gasteiger partial charge in [-0.2, -0.15) is 5.10 Å². The van der Waals surface area contributed by atoms with E-state index in [0.29, 0.717) is 11.4 Å². The zero-order valence-electron chi connectivity index (χ0n) is 10.2. The molecule has 0 amide bonds. The van der Waals surface area contributed by atoms with Gasteiger partial charge in [0.15, 0.2) is 6.10 Å². The lowest BCUT2D eigenvalue weighted by Crippen LogP contribution is -2.36. The number of hydrogen-bond donors (Lipinski definition) is 3. The number of aliphatic carboxylic acids is 1. The van der Waals surface area contributed by atoms with Crippen LogP contribution in [0.1, 0.15) is 11.4 Å². The summed E-state index contributed by atoms with van der Waals surface area (Å²) in [6, 6.07) is 0. The van der Waals surface area contributed by atoms with Gasteiger partial charge in [0.25, 0.3) is 0 Å². The predicted octanol–water partition coefficient (Wildman–Crippen LogP) is -1.24. The second kappa shape index (κ2) is 5.04. The van der Waals surface area contributed by atoms with Gasteiger partial charge in [0.05, 0.1) is 11.4 Å². The van der Waals surface area contributed by atoms with Gasteiger partial charge in [-0.15, -0.1) is 0 Å². The van der Waals surface area contributed by atoms with E-state index in [4.69, 9.17) is 10.2 Å². The summed E-state index contributed by atoms with van der Waals surface area (Å²) in [6.45, 7) is 2.53. The summed E-state index contributed by atoms with van der Waals surface area (Å²) in [6.07, 6.45) is -1.78. The van der Waals surface area contributed by atoms with E-state index in [1.54, 1.807) is 14.0 Å². The van der Waals surface area contributed by atoms with Gasteiger partial charge in [-0.25, -0.2) is 17.9 Å². The molecule has 0 saturated carbocycles. The van der Waals surface area contributed by atoms with E-state index >= 15 is 0 Å². The van der Waals surface area contributed by atoms with Gasteiger partial charge in [0.1, 0.15) is 4.90 Å². The SMILES string of the molecule is Cc1nn(C)c(C)c1S(=O)(=O)NC[C@H](O)C(=O)O. The van der Waals surface area contributed by atoms with Crippen LogP contribution in [0.15, 0.2) is 4.90 Å². The van der Waals surface area contributed by atoms with E-state index in [-0.39, 0.29) is 4.90 Å². The summed E-state index contributed by atoms with van der Waals surface area (Å²) in [7, 11) is -2.28. The predicted molar refractivity (Wildman–Crippen MR) is 61.5 cm³/mol. The van der Waals surface area contributed by atoms with Gasteiger partial charge in [-0.05, 0) is 13.8 Å². The molecule has 0 aliphatic heterocycles. The Morgan fingerprint density at radius 3 is 2.44 bits per heavy atom. The number of carboxylic acid groups (broad SMARTS) is 1. The van der Waals surface area contributed by atoms with E-state index in [0.717, 1.165) is 0 Å². The van der Waals surface area contributed by atoms with Crippen LogP contribution < -0.4 is 4.72 Å². The van der Waals surface area contributed by atoms with Crippen LogP contribution in [-0.2, 0) is 21.9 Å². The summed E-state index contributed by atoms with van der Waals surface area (Å²) in [4.78, 5) is 10.4. The van der Waals surface area contributed by atoms with E-state index < -0.39 is 28.6 Å². The standard InChI is InChI=1S/C9H15N3O5S/c1-5-8(6(2)12(3)11-5)18(16,17)10-4-7(13)9(14)15/h7,10,13H,4H2,1-3H3,(H,14,15)/t7-/m0/s1. The number of carboxylic acids is 1. The molecule has 0 aliphatic carbocycles. The Labute approximate surface area is 104 Å². The number of nitrogens with one attached hydrogen (secondary N) is 1. The van der Waals surface area contributed by atoms with Gasteiger partial charge >= 0.3 is 5.97 Å². The largest absolute Gasteiger partial charge is 0.479 e. The molecule has 9 heteroatoms. The normalized spacial score (nSPS) is 13.6. The number of carbonyl (C=O) groups is 1. The second-order valence-electron chi connectivity index (χ2n) is 3.83. The van der Waals surface area contributed by atoms with Crippen LogP contribution in [-0.4, -0.2) is 47.0 Å². The van der Waals surface area contributed by atoms with Crippen molar-refractivity contribution in [3.05, 3.63) is 11.4 Å². The Bertz CT molecular complexity index is 563. The van der Waals surface area contributed by atoms with E-state index in [9.17, 15) is 13.2 Å². The minimum Gasteiger partial charge on any atom is -0.479 e. The number of aryl methyl sites for hydroxylation is 2. The van der Waals surface area contributed by atoms with Crippen LogP contribution in [0.3, 0.4) is 0 Å². The Morgan fingerprint density at radius 2 is 2.06 bits per heavy atom. The van der Waals surface area contributed by atoms with Gasteiger partial charge in [-0.1, -0.05) is 0 Å². The fraction of sp³-hybridized carbons (Fsp3) is 0.556. The third-order valence-corrected chi connectivity index (χ3v) is 4.14. The monoisotopic (exact) mass is 277 g/mol. The van der Waals surface area contributed by atoms with Gasteiger partial charge in [-0.3, -0.25) is 4.68 Å². The highest BCUT2D eigenvalue weighted by Crippen LogP contribution is 2.17. The maximum atomic E-state index is 11.9. The minimum absolute atomic E-state index is 0.00240. The molecular formula is C9H15N3O5S. The highest BCUT2D eigenvalue weighted by Gasteiger charge is 2.25. The molecule has 18 heavy (non-hydrogen) atoms. The van der Waals surface area contributed by atoms with Crippen molar-refractivity contribution in [2.75, 3.05) is 6.54 Å². The first kappa shape index (κ1) is 14.6. The molecule has 0 aromatic carbocycles. The summed E-state index contributed by atoms with van der Waals surface area (Å²) in [5, 5.41) is 21.5. The van der Waals surface area contributed by atoms with Gasteiger partial charge in [0.2, 0.25) is 10.0 Å². The fourth-order valence-corrected chi connectivity index (χ4v) is 2.96. The molecule has 8 nitrogen and oxygen atoms in total. The van der Waals surface area contributed by atoms with Crippen LogP contribution >= 0.6 is 0 Å². The van der Waals surface area contributed by atoms with Gasteiger partial charge < -0.3 is 10.2 Å². The molecule has 1 aromatic heterocycles. The van der Waals surface area contributed by atoms with Crippen molar-refractivity contribution in [2.24, 2.45) is 7.05 Å². The highest BCUT2D eigenvalue weighted by atomic mass is 32.2. The van der Waals surface area contributed by atoms with Crippen LogP contribution in [0.2, 0.25) is 0 Å². The molecule has 1 atom stereocenters. The van der Waals surface area contributed by atoms with Crippen LogP contribution in [0.4, 0.5) is 0 Å². The maximum absolute atomic E-state index is 11.9. The Balaban J connectivity index is 2.97. The zero-order chi connectivity index (χ0) is 14.1. The number of sulfonamides is 1. The fourth-order valence-electron chi connectivity index (χ4n) is 1.49. The number of aliphatic hydroxyl groups excluding tert-OH is 1. The number of aliphatic hydroxyl groups is 1. The Hall–Kier alpha value is -1.45. The summed E-state index contributed by atoms with van der Waals surface area (Å²) in [5.74, 6) is -1.49. The third kappa shape index (κ3) is 2.86. The maximum Gasteiger partial charge on any atom is 0.333 e. The van der Waals surface area contributed by atoms with Crippen molar-refractivity contribution >= 4 is 16.0 Å². The summed E-state index contributed by atoms with van der Waals surface area (Å²) < 4.78 is 27.3. The zero-order valence-corrected chi connectivity index (χ0v) is 11.0. The molecular weight excluding hydrogens is 262 g/mol. The van der Waals surface area contributed by atoms with Crippen molar-refractivity contribution in [2.45, 2.75) is 24.8 Å². The minimum atomic E-state index is -3.89. The molecule has 3 N–H and O–H groups in total. The molecule has 0 aliphatic rings. The quantitative estimate of drug-likeness (QED) is 0.619. The van der Waals surface area contributed by atoms with Crippen molar-refractivity contribution in [1.82, 2.24) is 14.5 Å². The third-order valence-electron chi connectivity index (χ3n) is 2.46. The first-order valence-corrected chi connectivity index (χ1v) is 6.56. The molecule has 0 radical (unpaired) electrons. The molecule has 0 unspecified atom stereocenters. The van der Waals surface area contributed by atoms with Crippen LogP contribution in [0.5, 0.6) is 0 Å². The molecule has 0 bridgehead atoms. The lowest BCUT2D eigenvalue weighted by Gasteiger charge is -2.09. The first-order chi connectivity index (χ1) is 8.16. The smallest absolute Gasteiger partial charge is 0.333 e. The number of nitrogens with zero attached hydrogens (tertiary/aromatic N) is 2. The van der Waals surface area contributed by atoms with E-state index in [1.807, 2.05) is 4.72 Å². The number of rotatable bonds is 5. The van der Waals surface area contributed by atoms with Crippen molar-refractivity contribution in [3.8, 4) is 0 Å². The lowest BCUT2D eigenvalue weighted by atomic mass is 10.4. The van der Waals surface area contributed by atoms with Crippen molar-refractivity contribution < 1.29 is 23.4 Å². The average molecular weight is 277 g/mol. The molecule has 1 aromatic rings. The number of hydrogen-bond acceptors (Lipinski definition) is 5. The highest BCUT2D eigenvalue weighted by molar-refractivity contribution is 7.89. The lowest BCUT2D eigenvalue weighted by molar-refractivity contribution is -0.146. The molecule has 102 valence electrons. The topological polar surface area (TPSA) is 122 Å².